The number of ether oxygens (including phenoxy) is 2. The molecule has 0 amide bonds. The van der Waals surface area contributed by atoms with E-state index < -0.39 is 0 Å². The molecule has 0 aliphatic heterocycles. The van der Waals surface area contributed by atoms with E-state index in [0.29, 0.717) is 0 Å². The predicted molar refractivity (Wildman–Crippen MR) is 103 cm³/mol. The molecule has 0 bridgehead atoms. The average Bonchev–Trinajstić information content (AvgIpc) is 2.61. The van der Waals surface area contributed by atoms with Gasteiger partial charge in [0.1, 0.15) is 11.5 Å². The van der Waals surface area contributed by atoms with E-state index in [2.05, 4.69) is 50.2 Å². The van der Waals surface area contributed by atoms with Gasteiger partial charge in [-0.15, -0.1) is 0 Å². The summed E-state index contributed by atoms with van der Waals surface area (Å²) in [5.74, 6) is 1.93. The Bertz CT molecular complexity index is 538. The van der Waals surface area contributed by atoms with Crippen molar-refractivity contribution in [1.29, 1.82) is 0 Å². The molecule has 0 saturated heterocycles. The predicted octanol–water partition coefficient (Wildman–Crippen LogP) is 6.76. The van der Waals surface area contributed by atoms with Crippen LogP contribution in [-0.4, -0.2) is 13.2 Å². The third-order valence-corrected chi connectivity index (χ3v) is 4.32. The van der Waals surface area contributed by atoms with Gasteiger partial charge in [0.2, 0.25) is 0 Å². The van der Waals surface area contributed by atoms with Gasteiger partial charge in [-0.1, -0.05) is 64.5 Å². The Hall–Kier alpha value is -1.70. The summed E-state index contributed by atoms with van der Waals surface area (Å²) < 4.78 is 11.7. The number of fused-ring (bicyclic) bond motifs is 1. The van der Waals surface area contributed by atoms with Crippen LogP contribution in [0.4, 0.5) is 0 Å². The van der Waals surface area contributed by atoms with E-state index in [1.165, 1.54) is 49.3 Å². The molecule has 0 aromatic heterocycles. The maximum Gasteiger partial charge on any atom is 0.119 e. The largest absolute Gasteiger partial charge is 0.494 e. The van der Waals surface area contributed by atoms with Gasteiger partial charge in [-0.2, -0.15) is 0 Å². The summed E-state index contributed by atoms with van der Waals surface area (Å²) in [6.45, 7) is 6.08. The Labute approximate surface area is 147 Å². The van der Waals surface area contributed by atoms with Crippen LogP contribution in [0.5, 0.6) is 11.5 Å². The van der Waals surface area contributed by atoms with Crippen LogP contribution in [0, 0.1) is 0 Å². The van der Waals surface area contributed by atoms with Crippen LogP contribution in [0.1, 0.15) is 65.2 Å². The molecule has 0 N–H and O–H groups in total. The third kappa shape index (κ3) is 6.43. The second kappa shape index (κ2) is 11.0. The molecular weight excluding hydrogens is 296 g/mol. The second-order valence-corrected chi connectivity index (χ2v) is 6.49. The molecular formula is C22H32O2. The van der Waals surface area contributed by atoms with E-state index in [-0.39, 0.29) is 0 Å². The molecule has 0 spiro atoms. The van der Waals surface area contributed by atoms with Crippen molar-refractivity contribution >= 4 is 10.8 Å². The SMILES string of the molecule is CCCCCCOc1ccc2cc(OCCCCCC)ccc2c1. The molecule has 2 heteroatoms. The molecule has 0 aliphatic carbocycles. The molecule has 2 rings (SSSR count). The van der Waals surface area contributed by atoms with Crippen molar-refractivity contribution in [3.63, 3.8) is 0 Å². The molecule has 24 heavy (non-hydrogen) atoms. The molecule has 0 unspecified atom stereocenters. The summed E-state index contributed by atoms with van der Waals surface area (Å²) in [4.78, 5) is 0. The van der Waals surface area contributed by atoms with Crippen LogP contribution >= 0.6 is 0 Å². The highest BCUT2D eigenvalue weighted by Gasteiger charge is 2.01. The van der Waals surface area contributed by atoms with E-state index in [0.717, 1.165) is 37.6 Å². The highest BCUT2D eigenvalue weighted by atomic mass is 16.5. The van der Waals surface area contributed by atoms with Crippen molar-refractivity contribution in [2.45, 2.75) is 65.2 Å². The summed E-state index contributed by atoms with van der Waals surface area (Å²) in [6.07, 6.45) is 9.89. The first-order chi connectivity index (χ1) is 11.8. The summed E-state index contributed by atoms with van der Waals surface area (Å²) in [7, 11) is 0. The standard InChI is InChI=1S/C22H32O2/c1-3-5-7-9-15-23-21-13-11-20-18-22(14-12-19(20)17-21)24-16-10-8-6-4-2/h11-14,17-18H,3-10,15-16H2,1-2H3. The lowest BCUT2D eigenvalue weighted by Crippen LogP contribution is -1.98. The lowest BCUT2D eigenvalue weighted by molar-refractivity contribution is 0.304. The lowest BCUT2D eigenvalue weighted by atomic mass is 10.1. The normalized spacial score (nSPS) is 10.9. The molecule has 0 aliphatic rings. The van der Waals surface area contributed by atoms with Crippen molar-refractivity contribution in [3.05, 3.63) is 36.4 Å². The number of hydrogen-bond acceptors (Lipinski definition) is 2. The Morgan fingerprint density at radius 3 is 1.46 bits per heavy atom. The van der Waals surface area contributed by atoms with Gasteiger partial charge in [0, 0.05) is 0 Å². The van der Waals surface area contributed by atoms with Crippen molar-refractivity contribution in [3.8, 4) is 11.5 Å². The molecule has 2 aromatic rings. The molecule has 0 heterocycles. The van der Waals surface area contributed by atoms with Crippen molar-refractivity contribution in [1.82, 2.24) is 0 Å². The van der Waals surface area contributed by atoms with Crippen molar-refractivity contribution < 1.29 is 9.47 Å². The zero-order valence-corrected chi connectivity index (χ0v) is 15.4. The maximum absolute atomic E-state index is 5.86. The van der Waals surface area contributed by atoms with E-state index in [1.54, 1.807) is 0 Å². The van der Waals surface area contributed by atoms with Gasteiger partial charge in [-0.25, -0.2) is 0 Å². The van der Waals surface area contributed by atoms with Gasteiger partial charge in [0.25, 0.3) is 0 Å². The van der Waals surface area contributed by atoms with Crippen molar-refractivity contribution in [2.75, 3.05) is 13.2 Å². The second-order valence-electron chi connectivity index (χ2n) is 6.49. The van der Waals surface area contributed by atoms with Crippen molar-refractivity contribution in [2.24, 2.45) is 0 Å². The van der Waals surface area contributed by atoms with Gasteiger partial charge in [0.15, 0.2) is 0 Å². The number of benzene rings is 2. The summed E-state index contributed by atoms with van der Waals surface area (Å²) in [6, 6.07) is 12.6. The highest BCUT2D eigenvalue weighted by molar-refractivity contribution is 5.85. The van der Waals surface area contributed by atoms with Crippen LogP contribution in [0.3, 0.4) is 0 Å². The third-order valence-electron chi connectivity index (χ3n) is 4.32. The molecule has 0 saturated carbocycles. The minimum atomic E-state index is 0.810. The quantitative estimate of drug-likeness (QED) is 0.401. The smallest absolute Gasteiger partial charge is 0.119 e. The molecule has 2 nitrogen and oxygen atoms in total. The Balaban J connectivity index is 1.83. The minimum Gasteiger partial charge on any atom is -0.494 e. The molecule has 0 atom stereocenters. The van der Waals surface area contributed by atoms with Crippen LogP contribution < -0.4 is 9.47 Å². The fraction of sp³-hybridized carbons (Fsp3) is 0.545. The average molecular weight is 328 g/mol. The zero-order valence-electron chi connectivity index (χ0n) is 15.4. The fourth-order valence-electron chi connectivity index (χ4n) is 2.82. The number of unbranched alkanes of at least 4 members (excludes halogenated alkanes) is 6. The summed E-state index contributed by atoms with van der Waals surface area (Å²) in [5.41, 5.74) is 0. The molecule has 0 radical (unpaired) electrons. The Kier molecular flexibility index (Phi) is 8.51. The van der Waals surface area contributed by atoms with Crippen LogP contribution in [0.2, 0.25) is 0 Å². The van der Waals surface area contributed by atoms with Crippen LogP contribution in [0.25, 0.3) is 10.8 Å². The molecule has 132 valence electrons. The Morgan fingerprint density at radius 2 is 1.04 bits per heavy atom. The van der Waals surface area contributed by atoms with E-state index >= 15 is 0 Å². The molecule has 2 aromatic carbocycles. The van der Waals surface area contributed by atoms with Gasteiger partial charge in [-0.05, 0) is 47.9 Å². The van der Waals surface area contributed by atoms with Crippen LogP contribution in [-0.2, 0) is 0 Å². The van der Waals surface area contributed by atoms with E-state index in [4.69, 9.17) is 9.47 Å². The Morgan fingerprint density at radius 1 is 0.583 bits per heavy atom. The van der Waals surface area contributed by atoms with Gasteiger partial charge in [0.05, 0.1) is 13.2 Å². The maximum atomic E-state index is 5.86. The number of hydrogen-bond donors (Lipinski definition) is 0. The van der Waals surface area contributed by atoms with E-state index in [9.17, 15) is 0 Å². The summed E-state index contributed by atoms with van der Waals surface area (Å²) >= 11 is 0. The zero-order chi connectivity index (χ0) is 17.0. The monoisotopic (exact) mass is 328 g/mol. The molecule has 0 fully saturated rings. The summed E-state index contributed by atoms with van der Waals surface area (Å²) in [5, 5.41) is 2.42. The lowest BCUT2D eigenvalue weighted by Gasteiger charge is -2.09. The first-order valence-electron chi connectivity index (χ1n) is 9.63. The van der Waals surface area contributed by atoms with Gasteiger partial charge in [-0.3, -0.25) is 0 Å². The van der Waals surface area contributed by atoms with Gasteiger partial charge >= 0.3 is 0 Å². The first kappa shape index (κ1) is 18.6. The topological polar surface area (TPSA) is 18.5 Å². The minimum absolute atomic E-state index is 0.810. The number of rotatable bonds is 12. The van der Waals surface area contributed by atoms with E-state index in [1.807, 2.05) is 0 Å². The van der Waals surface area contributed by atoms with Crippen LogP contribution in [0.15, 0.2) is 36.4 Å². The van der Waals surface area contributed by atoms with Gasteiger partial charge < -0.3 is 9.47 Å². The highest BCUT2D eigenvalue weighted by Crippen LogP contribution is 2.25. The fourth-order valence-corrected chi connectivity index (χ4v) is 2.82. The first-order valence-corrected chi connectivity index (χ1v) is 9.63.